The standard InChI is InChI=1S/C12H19N3OS/c1-9-10(17-8-14-9)6-15(3)11(16)12(2)4-5-13-7-12/h8,13H,4-7H2,1-3H3/t12-/m1/s1. The van der Waals surface area contributed by atoms with Crippen molar-refractivity contribution in [2.45, 2.75) is 26.8 Å². The van der Waals surface area contributed by atoms with Crippen molar-refractivity contribution in [3.05, 3.63) is 16.1 Å². The summed E-state index contributed by atoms with van der Waals surface area (Å²) in [6.45, 7) is 6.44. The van der Waals surface area contributed by atoms with Crippen LogP contribution in [-0.2, 0) is 11.3 Å². The van der Waals surface area contributed by atoms with Crippen LogP contribution in [0.1, 0.15) is 23.9 Å². The maximum absolute atomic E-state index is 12.4. The fraction of sp³-hybridized carbons (Fsp3) is 0.667. The van der Waals surface area contributed by atoms with E-state index in [0.717, 1.165) is 25.2 Å². The highest BCUT2D eigenvalue weighted by molar-refractivity contribution is 7.09. The lowest BCUT2D eigenvalue weighted by Crippen LogP contribution is -2.41. The molecule has 1 aliphatic heterocycles. The van der Waals surface area contributed by atoms with E-state index in [4.69, 9.17) is 0 Å². The molecule has 1 amide bonds. The van der Waals surface area contributed by atoms with Crippen LogP contribution in [0.5, 0.6) is 0 Å². The topological polar surface area (TPSA) is 45.2 Å². The monoisotopic (exact) mass is 253 g/mol. The van der Waals surface area contributed by atoms with Crippen molar-refractivity contribution in [1.82, 2.24) is 15.2 Å². The van der Waals surface area contributed by atoms with Gasteiger partial charge in [-0.25, -0.2) is 4.98 Å². The van der Waals surface area contributed by atoms with Gasteiger partial charge in [-0.3, -0.25) is 4.79 Å². The molecular weight excluding hydrogens is 234 g/mol. The summed E-state index contributed by atoms with van der Waals surface area (Å²) in [5.74, 6) is 0.232. The molecule has 0 radical (unpaired) electrons. The van der Waals surface area contributed by atoms with Gasteiger partial charge in [-0.05, 0) is 26.8 Å². The first-order valence-corrected chi connectivity index (χ1v) is 6.76. The molecule has 1 N–H and O–H groups in total. The van der Waals surface area contributed by atoms with Crippen molar-refractivity contribution in [2.75, 3.05) is 20.1 Å². The molecule has 1 saturated heterocycles. The van der Waals surface area contributed by atoms with Gasteiger partial charge in [-0.1, -0.05) is 0 Å². The maximum atomic E-state index is 12.4. The molecule has 0 unspecified atom stereocenters. The summed E-state index contributed by atoms with van der Waals surface area (Å²) in [6.07, 6.45) is 0.928. The van der Waals surface area contributed by atoms with Gasteiger partial charge in [0.25, 0.3) is 0 Å². The van der Waals surface area contributed by atoms with E-state index in [2.05, 4.69) is 10.3 Å². The van der Waals surface area contributed by atoms with Gasteiger partial charge < -0.3 is 10.2 Å². The van der Waals surface area contributed by atoms with E-state index in [9.17, 15) is 4.79 Å². The summed E-state index contributed by atoms with van der Waals surface area (Å²) in [5.41, 5.74) is 2.64. The summed E-state index contributed by atoms with van der Waals surface area (Å²) < 4.78 is 0. The molecule has 2 rings (SSSR count). The number of nitrogens with zero attached hydrogens (tertiary/aromatic N) is 2. The predicted octanol–water partition coefficient (Wildman–Crippen LogP) is 1.41. The second-order valence-electron chi connectivity index (χ2n) is 5.01. The Morgan fingerprint density at radius 2 is 2.47 bits per heavy atom. The van der Waals surface area contributed by atoms with Crippen LogP contribution in [0, 0.1) is 12.3 Å². The number of carbonyl (C=O) groups is 1. The smallest absolute Gasteiger partial charge is 0.229 e. The van der Waals surface area contributed by atoms with Crippen molar-refractivity contribution >= 4 is 17.2 Å². The molecule has 5 heteroatoms. The Kier molecular flexibility index (Phi) is 3.49. The van der Waals surface area contributed by atoms with Crippen LogP contribution in [0.3, 0.4) is 0 Å². The number of hydrogen-bond acceptors (Lipinski definition) is 4. The number of hydrogen-bond donors (Lipinski definition) is 1. The molecule has 1 aromatic rings. The predicted molar refractivity (Wildman–Crippen MR) is 68.9 cm³/mol. The van der Waals surface area contributed by atoms with E-state index >= 15 is 0 Å². The van der Waals surface area contributed by atoms with Crippen LogP contribution in [0.25, 0.3) is 0 Å². The Labute approximate surface area is 106 Å². The largest absolute Gasteiger partial charge is 0.340 e. The Morgan fingerprint density at radius 3 is 3.00 bits per heavy atom. The minimum absolute atomic E-state index is 0.229. The third-order valence-corrected chi connectivity index (χ3v) is 4.38. The molecule has 17 heavy (non-hydrogen) atoms. The second kappa shape index (κ2) is 4.74. The van der Waals surface area contributed by atoms with Gasteiger partial charge in [0.2, 0.25) is 5.91 Å². The van der Waals surface area contributed by atoms with Gasteiger partial charge in [-0.15, -0.1) is 11.3 Å². The first kappa shape index (κ1) is 12.5. The molecule has 0 bridgehead atoms. The fourth-order valence-electron chi connectivity index (χ4n) is 2.23. The van der Waals surface area contributed by atoms with Gasteiger partial charge in [-0.2, -0.15) is 0 Å². The first-order chi connectivity index (χ1) is 8.03. The van der Waals surface area contributed by atoms with Crippen LogP contribution in [0.15, 0.2) is 5.51 Å². The van der Waals surface area contributed by atoms with Gasteiger partial charge >= 0.3 is 0 Å². The zero-order valence-corrected chi connectivity index (χ0v) is 11.4. The van der Waals surface area contributed by atoms with Crippen molar-refractivity contribution in [3.63, 3.8) is 0 Å². The van der Waals surface area contributed by atoms with Crippen LogP contribution in [0.2, 0.25) is 0 Å². The molecule has 1 aromatic heterocycles. The average molecular weight is 253 g/mol. The van der Waals surface area contributed by atoms with E-state index in [0.29, 0.717) is 6.54 Å². The molecule has 1 fully saturated rings. The van der Waals surface area contributed by atoms with Gasteiger partial charge in [0.15, 0.2) is 0 Å². The normalized spacial score (nSPS) is 23.9. The third kappa shape index (κ3) is 2.50. The first-order valence-electron chi connectivity index (χ1n) is 5.88. The molecule has 1 aliphatic rings. The Balaban J connectivity index is 2.03. The van der Waals surface area contributed by atoms with E-state index in [1.165, 1.54) is 4.88 Å². The minimum Gasteiger partial charge on any atom is -0.340 e. The minimum atomic E-state index is -0.229. The molecule has 94 valence electrons. The Morgan fingerprint density at radius 1 is 1.71 bits per heavy atom. The lowest BCUT2D eigenvalue weighted by Gasteiger charge is -2.28. The molecule has 2 heterocycles. The van der Waals surface area contributed by atoms with E-state index in [-0.39, 0.29) is 11.3 Å². The summed E-state index contributed by atoms with van der Waals surface area (Å²) in [6, 6.07) is 0. The average Bonchev–Trinajstić information content (AvgIpc) is 2.89. The lowest BCUT2D eigenvalue weighted by atomic mass is 9.88. The SMILES string of the molecule is Cc1ncsc1CN(C)C(=O)[C@]1(C)CCNC1. The van der Waals surface area contributed by atoms with Gasteiger partial charge in [0, 0.05) is 18.5 Å². The lowest BCUT2D eigenvalue weighted by molar-refractivity contribution is -0.139. The molecule has 0 aromatic carbocycles. The summed E-state index contributed by atoms with van der Waals surface area (Å²) in [7, 11) is 1.88. The van der Waals surface area contributed by atoms with Crippen molar-refractivity contribution in [1.29, 1.82) is 0 Å². The Bertz CT molecular complexity index is 410. The van der Waals surface area contributed by atoms with E-state index in [1.54, 1.807) is 11.3 Å². The van der Waals surface area contributed by atoms with E-state index in [1.807, 2.05) is 31.3 Å². The molecule has 0 aliphatic carbocycles. The summed E-state index contributed by atoms with van der Waals surface area (Å²) >= 11 is 1.62. The van der Waals surface area contributed by atoms with Crippen LogP contribution in [-0.4, -0.2) is 35.9 Å². The number of thiazole rings is 1. The number of rotatable bonds is 3. The highest BCUT2D eigenvalue weighted by Crippen LogP contribution is 2.27. The Hall–Kier alpha value is -0.940. The quantitative estimate of drug-likeness (QED) is 0.886. The van der Waals surface area contributed by atoms with Gasteiger partial charge in [0.05, 0.1) is 23.2 Å². The number of aromatic nitrogens is 1. The molecular formula is C12H19N3OS. The number of aryl methyl sites for hydroxylation is 1. The second-order valence-corrected chi connectivity index (χ2v) is 5.95. The summed E-state index contributed by atoms with van der Waals surface area (Å²) in [4.78, 5) is 19.6. The zero-order valence-electron chi connectivity index (χ0n) is 10.6. The maximum Gasteiger partial charge on any atom is 0.229 e. The van der Waals surface area contributed by atoms with E-state index < -0.39 is 0 Å². The van der Waals surface area contributed by atoms with Crippen molar-refractivity contribution < 1.29 is 4.79 Å². The summed E-state index contributed by atoms with van der Waals surface area (Å²) in [5, 5.41) is 3.26. The van der Waals surface area contributed by atoms with Crippen molar-refractivity contribution in [2.24, 2.45) is 5.41 Å². The number of nitrogens with one attached hydrogen (secondary N) is 1. The zero-order chi connectivity index (χ0) is 12.5. The van der Waals surface area contributed by atoms with Crippen LogP contribution < -0.4 is 5.32 Å². The molecule has 0 spiro atoms. The van der Waals surface area contributed by atoms with Crippen LogP contribution >= 0.6 is 11.3 Å². The number of amides is 1. The highest BCUT2D eigenvalue weighted by Gasteiger charge is 2.38. The van der Waals surface area contributed by atoms with Crippen LogP contribution in [0.4, 0.5) is 0 Å². The third-order valence-electron chi connectivity index (χ3n) is 3.46. The van der Waals surface area contributed by atoms with Crippen molar-refractivity contribution in [3.8, 4) is 0 Å². The highest BCUT2D eigenvalue weighted by atomic mass is 32.1. The molecule has 4 nitrogen and oxygen atoms in total. The number of carbonyl (C=O) groups excluding carboxylic acids is 1. The molecule has 0 saturated carbocycles. The van der Waals surface area contributed by atoms with Gasteiger partial charge in [0.1, 0.15) is 0 Å². The fourth-order valence-corrected chi connectivity index (χ4v) is 3.05. The molecule has 1 atom stereocenters.